The number of hydrogen-bond acceptors (Lipinski definition) is 4. The highest BCUT2D eigenvalue weighted by atomic mass is 32.2. The number of nitrogens with zero attached hydrogens (tertiary/aromatic N) is 1. The zero-order valence-corrected chi connectivity index (χ0v) is 15.7. The summed E-state index contributed by atoms with van der Waals surface area (Å²) in [6.45, 7) is 0.279. The van der Waals surface area contributed by atoms with Crippen LogP contribution in [0.15, 0.2) is 83.8 Å². The summed E-state index contributed by atoms with van der Waals surface area (Å²) < 4.78 is 33.5. The van der Waals surface area contributed by atoms with Crippen molar-refractivity contribution in [2.45, 2.75) is 17.6 Å². The first-order valence-electron chi connectivity index (χ1n) is 8.65. The van der Waals surface area contributed by atoms with Crippen molar-refractivity contribution in [2.75, 3.05) is 12.4 Å². The molecule has 138 valence electrons. The molecule has 0 radical (unpaired) electrons. The van der Waals surface area contributed by atoms with Gasteiger partial charge in [-0.1, -0.05) is 54.6 Å². The molecule has 0 aliphatic carbocycles. The molecule has 1 heterocycles. The van der Waals surface area contributed by atoms with E-state index in [-0.39, 0.29) is 6.54 Å². The van der Waals surface area contributed by atoms with Gasteiger partial charge in [0.15, 0.2) is 0 Å². The van der Waals surface area contributed by atoms with E-state index in [1.807, 2.05) is 60.7 Å². The number of fused-ring (bicyclic) bond motifs is 1. The van der Waals surface area contributed by atoms with Crippen molar-refractivity contribution in [1.82, 2.24) is 4.31 Å². The Morgan fingerprint density at radius 1 is 0.926 bits per heavy atom. The summed E-state index contributed by atoms with van der Waals surface area (Å²) in [5.74, 6) is 0.729. The summed E-state index contributed by atoms with van der Waals surface area (Å²) in [6.07, 6.45) is -0.504. The minimum Gasteiger partial charge on any atom is -0.497 e. The third-order valence-electron chi connectivity index (χ3n) is 4.67. The molecule has 0 aromatic heterocycles. The van der Waals surface area contributed by atoms with Crippen LogP contribution in [-0.4, -0.2) is 19.8 Å². The molecule has 1 aliphatic rings. The number of sulfonamides is 1. The fraction of sp³-hybridized carbons (Fsp3) is 0.143. The minimum atomic E-state index is -3.65. The molecule has 0 saturated heterocycles. The van der Waals surface area contributed by atoms with E-state index in [9.17, 15) is 8.42 Å². The maximum absolute atomic E-state index is 13.4. The Balaban J connectivity index is 1.81. The van der Waals surface area contributed by atoms with Crippen molar-refractivity contribution in [3.8, 4) is 5.75 Å². The molecule has 0 spiro atoms. The lowest BCUT2D eigenvalue weighted by atomic mass is 10.1. The van der Waals surface area contributed by atoms with Crippen LogP contribution in [0.25, 0.3) is 0 Å². The van der Waals surface area contributed by atoms with Gasteiger partial charge < -0.3 is 10.1 Å². The van der Waals surface area contributed by atoms with E-state index >= 15 is 0 Å². The van der Waals surface area contributed by atoms with Gasteiger partial charge in [0.2, 0.25) is 10.0 Å². The predicted molar refractivity (Wildman–Crippen MR) is 105 cm³/mol. The smallest absolute Gasteiger partial charge is 0.247 e. The summed E-state index contributed by atoms with van der Waals surface area (Å²) in [5, 5.41) is 3.38. The van der Waals surface area contributed by atoms with Crippen molar-refractivity contribution >= 4 is 15.7 Å². The lowest BCUT2D eigenvalue weighted by Crippen LogP contribution is -2.42. The Morgan fingerprint density at radius 2 is 1.59 bits per heavy atom. The summed E-state index contributed by atoms with van der Waals surface area (Å²) in [7, 11) is -2.05. The molecule has 1 N–H and O–H groups in total. The highest BCUT2D eigenvalue weighted by Gasteiger charge is 2.38. The first-order chi connectivity index (χ1) is 13.1. The van der Waals surface area contributed by atoms with Crippen LogP contribution in [0.1, 0.15) is 17.3 Å². The summed E-state index contributed by atoms with van der Waals surface area (Å²) in [5.41, 5.74) is 2.40. The second-order valence-electron chi connectivity index (χ2n) is 6.35. The van der Waals surface area contributed by atoms with Gasteiger partial charge in [0, 0.05) is 6.54 Å². The van der Waals surface area contributed by atoms with Gasteiger partial charge in [-0.2, -0.15) is 4.31 Å². The summed E-state index contributed by atoms with van der Waals surface area (Å²) >= 11 is 0. The van der Waals surface area contributed by atoms with Crippen LogP contribution in [0.3, 0.4) is 0 Å². The first kappa shape index (κ1) is 17.6. The fourth-order valence-electron chi connectivity index (χ4n) is 3.27. The molecule has 1 atom stereocenters. The van der Waals surface area contributed by atoms with Gasteiger partial charge in [-0.3, -0.25) is 0 Å². The van der Waals surface area contributed by atoms with E-state index < -0.39 is 16.2 Å². The number of nitrogens with one attached hydrogen (secondary N) is 1. The zero-order valence-electron chi connectivity index (χ0n) is 14.9. The topological polar surface area (TPSA) is 58.6 Å². The Morgan fingerprint density at radius 3 is 2.30 bits per heavy atom. The quantitative estimate of drug-likeness (QED) is 0.743. The van der Waals surface area contributed by atoms with E-state index in [1.165, 1.54) is 4.31 Å². The zero-order chi connectivity index (χ0) is 18.9. The highest BCUT2D eigenvalue weighted by Crippen LogP contribution is 2.39. The van der Waals surface area contributed by atoms with Crippen molar-refractivity contribution in [2.24, 2.45) is 0 Å². The molecule has 0 saturated carbocycles. The molecule has 0 unspecified atom stereocenters. The number of hydrogen-bond donors (Lipinski definition) is 1. The van der Waals surface area contributed by atoms with Crippen molar-refractivity contribution in [3.05, 3.63) is 90.0 Å². The summed E-state index contributed by atoms with van der Waals surface area (Å²) in [4.78, 5) is 0.297. The molecule has 27 heavy (non-hydrogen) atoms. The molecule has 0 fully saturated rings. The van der Waals surface area contributed by atoms with Gasteiger partial charge in [0.1, 0.15) is 16.8 Å². The van der Waals surface area contributed by atoms with Crippen molar-refractivity contribution in [3.63, 3.8) is 0 Å². The number of methoxy groups -OCH3 is 1. The maximum Gasteiger partial charge on any atom is 0.247 e. The Hall–Kier alpha value is -2.83. The van der Waals surface area contributed by atoms with Crippen LogP contribution in [0, 0.1) is 0 Å². The van der Waals surface area contributed by atoms with E-state index in [1.54, 1.807) is 25.3 Å². The molecular weight excluding hydrogens is 360 g/mol. The van der Waals surface area contributed by atoms with Crippen LogP contribution in [0.2, 0.25) is 0 Å². The molecule has 3 aromatic carbocycles. The van der Waals surface area contributed by atoms with E-state index in [4.69, 9.17) is 4.74 Å². The monoisotopic (exact) mass is 380 g/mol. The van der Waals surface area contributed by atoms with Gasteiger partial charge in [-0.15, -0.1) is 0 Å². The Bertz CT molecular complexity index is 1030. The van der Waals surface area contributed by atoms with Crippen LogP contribution in [0.5, 0.6) is 5.75 Å². The van der Waals surface area contributed by atoms with Crippen molar-refractivity contribution in [1.29, 1.82) is 0 Å². The van der Waals surface area contributed by atoms with E-state index in [2.05, 4.69) is 5.32 Å². The molecule has 5 nitrogen and oxygen atoms in total. The number of benzene rings is 3. The first-order valence-corrected chi connectivity index (χ1v) is 10.1. The van der Waals surface area contributed by atoms with Crippen molar-refractivity contribution < 1.29 is 13.2 Å². The van der Waals surface area contributed by atoms with Crippen LogP contribution in [0.4, 0.5) is 5.69 Å². The number of rotatable bonds is 4. The number of ether oxygens (including phenoxy) is 1. The standard InChI is InChI=1S/C21H20N2O3S/c1-26-18-13-11-17(12-14-18)21-22-19-9-5-6-10-20(19)27(24,25)23(21)15-16-7-3-2-4-8-16/h2-14,21-22H,15H2,1H3/t21-/m1/s1. The Labute approximate surface area is 159 Å². The van der Waals surface area contributed by atoms with Gasteiger partial charge in [0.05, 0.1) is 12.8 Å². The van der Waals surface area contributed by atoms with Crippen LogP contribution >= 0.6 is 0 Å². The minimum absolute atomic E-state index is 0.279. The lowest BCUT2D eigenvalue weighted by Gasteiger charge is -2.37. The van der Waals surface area contributed by atoms with E-state index in [0.29, 0.717) is 10.6 Å². The highest BCUT2D eigenvalue weighted by molar-refractivity contribution is 7.89. The third kappa shape index (κ3) is 3.29. The molecule has 6 heteroatoms. The lowest BCUT2D eigenvalue weighted by molar-refractivity contribution is 0.336. The van der Waals surface area contributed by atoms with Gasteiger partial charge in [-0.25, -0.2) is 8.42 Å². The largest absolute Gasteiger partial charge is 0.497 e. The molecule has 3 aromatic rings. The normalized spacial score (nSPS) is 18.3. The SMILES string of the molecule is COc1ccc([C@@H]2Nc3ccccc3S(=O)(=O)N2Cc2ccccc2)cc1. The van der Waals surface area contributed by atoms with E-state index in [0.717, 1.165) is 16.9 Å². The Kier molecular flexibility index (Phi) is 4.59. The van der Waals surface area contributed by atoms with Gasteiger partial charge in [-0.05, 0) is 35.4 Å². The van der Waals surface area contributed by atoms with Crippen LogP contribution in [-0.2, 0) is 16.6 Å². The predicted octanol–water partition coefficient (Wildman–Crippen LogP) is 4.01. The molecular formula is C21H20N2O3S. The fourth-order valence-corrected chi connectivity index (χ4v) is 4.95. The van der Waals surface area contributed by atoms with Gasteiger partial charge >= 0.3 is 0 Å². The molecule has 0 bridgehead atoms. The van der Waals surface area contributed by atoms with Gasteiger partial charge in [0.25, 0.3) is 0 Å². The van der Waals surface area contributed by atoms with Crippen LogP contribution < -0.4 is 10.1 Å². The molecule has 4 rings (SSSR count). The summed E-state index contributed by atoms with van der Waals surface area (Å²) in [6, 6.07) is 24.1. The second kappa shape index (κ2) is 7.06. The average Bonchev–Trinajstić information content (AvgIpc) is 2.71. The average molecular weight is 380 g/mol. The molecule has 0 amide bonds. The maximum atomic E-state index is 13.4. The number of para-hydroxylation sites is 1. The number of anilines is 1. The second-order valence-corrected chi connectivity index (χ2v) is 8.21. The molecule has 1 aliphatic heterocycles. The third-order valence-corrected chi connectivity index (χ3v) is 6.54.